The molecule has 1 unspecified atom stereocenters. The lowest BCUT2D eigenvalue weighted by molar-refractivity contribution is -0.143. The molecule has 0 saturated heterocycles. The van der Waals surface area contributed by atoms with Crippen LogP contribution in [-0.2, 0) is 15.7 Å². The zero-order valence-electron chi connectivity index (χ0n) is 16.2. The minimum absolute atomic E-state index is 0.0861. The van der Waals surface area contributed by atoms with E-state index >= 15 is 0 Å². The molecule has 1 aromatic heterocycles. The highest BCUT2D eigenvalue weighted by atomic mass is 35.5. The van der Waals surface area contributed by atoms with Gasteiger partial charge >= 0.3 is 18.3 Å². The van der Waals surface area contributed by atoms with Crippen LogP contribution in [-0.4, -0.2) is 34.4 Å². The summed E-state index contributed by atoms with van der Waals surface area (Å²) in [5.74, 6) is -3.02. The number of hydrogen-bond acceptors (Lipinski definition) is 6. The van der Waals surface area contributed by atoms with Crippen LogP contribution in [0.3, 0.4) is 0 Å². The Kier molecular flexibility index (Phi) is 7.83. The molecule has 6 nitrogen and oxygen atoms in total. The molecule has 172 valence electrons. The molecular weight excluding hydrogens is 466 g/mol. The van der Waals surface area contributed by atoms with Crippen molar-refractivity contribution in [2.75, 3.05) is 6.61 Å². The Morgan fingerprint density at radius 1 is 1.16 bits per heavy atom. The van der Waals surface area contributed by atoms with Crippen LogP contribution in [0, 0.1) is 0 Å². The molecule has 0 saturated carbocycles. The second kappa shape index (κ2) is 9.98. The standard InChI is InChI=1S/C19H15ClF6N4O2/c1-2-32-17(31)15(16-28-8-11(20)9-29-16)13(7-14(27)19(24,25)26)30-12-5-3-10(4-6-12)18(21,22)23/h3-9,15H,2,27H2,1H3/b14-7-,30-13?. The largest absolute Gasteiger partial charge is 0.465 e. The summed E-state index contributed by atoms with van der Waals surface area (Å²) in [4.78, 5) is 24.1. The van der Waals surface area contributed by atoms with E-state index in [1.54, 1.807) is 0 Å². The van der Waals surface area contributed by atoms with Gasteiger partial charge in [-0.2, -0.15) is 26.3 Å². The van der Waals surface area contributed by atoms with Gasteiger partial charge in [0, 0.05) is 12.4 Å². The number of hydrogen-bond donors (Lipinski definition) is 1. The summed E-state index contributed by atoms with van der Waals surface area (Å²) in [5.41, 5.74) is 1.72. The summed E-state index contributed by atoms with van der Waals surface area (Å²) in [6, 6.07) is 3.22. The molecule has 0 aliphatic heterocycles. The Hall–Kier alpha value is -3.15. The van der Waals surface area contributed by atoms with Crippen LogP contribution in [0.4, 0.5) is 32.0 Å². The fraction of sp³-hybridized carbons (Fsp3) is 0.263. The number of rotatable bonds is 6. The van der Waals surface area contributed by atoms with Crippen molar-refractivity contribution in [3.8, 4) is 0 Å². The number of aliphatic imine (C=N–C) groups is 1. The molecule has 0 aliphatic rings. The highest BCUT2D eigenvalue weighted by molar-refractivity contribution is 6.30. The predicted octanol–water partition coefficient (Wildman–Crippen LogP) is 4.97. The number of aromatic nitrogens is 2. The second-order valence-corrected chi connectivity index (χ2v) is 6.56. The van der Waals surface area contributed by atoms with Crippen molar-refractivity contribution in [2.24, 2.45) is 10.7 Å². The van der Waals surface area contributed by atoms with Gasteiger partial charge in [-0.3, -0.25) is 9.79 Å². The third-order valence-corrected chi connectivity index (χ3v) is 4.00. The quantitative estimate of drug-likeness (QED) is 0.358. The molecule has 2 N–H and O–H groups in total. The minimum atomic E-state index is -4.97. The van der Waals surface area contributed by atoms with E-state index < -0.39 is 41.2 Å². The van der Waals surface area contributed by atoms with E-state index in [9.17, 15) is 31.1 Å². The van der Waals surface area contributed by atoms with Crippen molar-refractivity contribution in [3.63, 3.8) is 0 Å². The number of alkyl halides is 6. The van der Waals surface area contributed by atoms with E-state index in [0.29, 0.717) is 18.2 Å². The Morgan fingerprint density at radius 3 is 2.19 bits per heavy atom. The average molecular weight is 481 g/mol. The van der Waals surface area contributed by atoms with Crippen LogP contribution in [0.5, 0.6) is 0 Å². The first kappa shape index (κ1) is 25.1. The Balaban J connectivity index is 2.67. The molecule has 0 amide bonds. The molecule has 0 bridgehead atoms. The molecule has 0 spiro atoms. The molecule has 0 radical (unpaired) electrons. The number of esters is 1. The summed E-state index contributed by atoms with van der Waals surface area (Å²) >= 11 is 5.72. The molecule has 2 aromatic rings. The fourth-order valence-electron chi connectivity index (χ4n) is 2.35. The molecular formula is C19H15ClF6N4O2. The first-order valence-electron chi connectivity index (χ1n) is 8.77. The maximum atomic E-state index is 13.1. The van der Waals surface area contributed by atoms with Gasteiger partial charge in [-0.05, 0) is 37.3 Å². The molecule has 1 heterocycles. The zero-order valence-corrected chi connectivity index (χ0v) is 17.0. The number of nitrogens with two attached hydrogens (primary N) is 1. The SMILES string of the molecule is CCOC(=O)C(C(/C=C(\N)C(F)(F)F)=Nc1ccc(C(F)(F)F)cc1)c1ncc(Cl)cn1. The van der Waals surface area contributed by atoms with Crippen LogP contribution < -0.4 is 5.73 Å². The van der Waals surface area contributed by atoms with E-state index in [1.165, 1.54) is 6.92 Å². The number of halogens is 7. The molecule has 0 fully saturated rings. The first-order chi connectivity index (χ1) is 14.8. The lowest BCUT2D eigenvalue weighted by atomic mass is 10.0. The number of benzene rings is 1. The van der Waals surface area contributed by atoms with Gasteiger partial charge in [0.1, 0.15) is 11.5 Å². The van der Waals surface area contributed by atoms with Crippen LogP contribution in [0.2, 0.25) is 5.02 Å². The number of allylic oxidation sites excluding steroid dienone is 2. The third kappa shape index (κ3) is 6.67. The zero-order chi connectivity index (χ0) is 24.1. The highest BCUT2D eigenvalue weighted by Gasteiger charge is 2.36. The summed E-state index contributed by atoms with van der Waals surface area (Å²) in [5, 5.41) is 0.0861. The highest BCUT2D eigenvalue weighted by Crippen LogP contribution is 2.31. The van der Waals surface area contributed by atoms with Crippen molar-refractivity contribution in [1.82, 2.24) is 9.97 Å². The molecule has 13 heteroatoms. The van der Waals surface area contributed by atoms with Crippen molar-refractivity contribution in [1.29, 1.82) is 0 Å². The van der Waals surface area contributed by atoms with E-state index in [1.807, 2.05) is 0 Å². The van der Waals surface area contributed by atoms with E-state index in [-0.39, 0.29) is 23.1 Å². The van der Waals surface area contributed by atoms with Gasteiger partial charge in [0.15, 0.2) is 5.92 Å². The van der Waals surface area contributed by atoms with Gasteiger partial charge in [-0.1, -0.05) is 11.6 Å². The van der Waals surface area contributed by atoms with E-state index in [4.69, 9.17) is 22.1 Å². The predicted molar refractivity (Wildman–Crippen MR) is 103 cm³/mol. The molecule has 32 heavy (non-hydrogen) atoms. The normalized spacial score (nSPS) is 14.2. The second-order valence-electron chi connectivity index (χ2n) is 6.12. The molecule has 1 atom stereocenters. The maximum Gasteiger partial charge on any atom is 0.430 e. The summed E-state index contributed by atoms with van der Waals surface area (Å²) in [6.45, 7) is 1.33. The van der Waals surface area contributed by atoms with Crippen molar-refractivity contribution < 1.29 is 35.9 Å². The summed E-state index contributed by atoms with van der Waals surface area (Å²) in [7, 11) is 0. The summed E-state index contributed by atoms with van der Waals surface area (Å²) < 4.78 is 82.4. The van der Waals surface area contributed by atoms with Gasteiger partial charge in [-0.15, -0.1) is 0 Å². The first-order valence-corrected chi connectivity index (χ1v) is 9.15. The molecule has 1 aromatic carbocycles. The van der Waals surface area contributed by atoms with Gasteiger partial charge in [0.05, 0.1) is 28.6 Å². The Bertz CT molecular complexity index is 1000. The van der Waals surface area contributed by atoms with Gasteiger partial charge in [0.2, 0.25) is 0 Å². The van der Waals surface area contributed by atoms with Crippen LogP contribution >= 0.6 is 11.6 Å². The Labute approximate surface area is 182 Å². The smallest absolute Gasteiger partial charge is 0.430 e. The maximum absolute atomic E-state index is 13.1. The van der Waals surface area contributed by atoms with Crippen LogP contribution in [0.15, 0.2) is 53.4 Å². The van der Waals surface area contributed by atoms with E-state index in [0.717, 1.165) is 24.5 Å². The fourth-order valence-corrected chi connectivity index (χ4v) is 2.45. The van der Waals surface area contributed by atoms with E-state index in [2.05, 4.69) is 15.0 Å². The molecule has 0 aliphatic carbocycles. The lowest BCUT2D eigenvalue weighted by Crippen LogP contribution is -2.28. The van der Waals surface area contributed by atoms with Crippen LogP contribution in [0.1, 0.15) is 24.2 Å². The average Bonchev–Trinajstić information content (AvgIpc) is 2.69. The number of ether oxygens (including phenoxy) is 1. The minimum Gasteiger partial charge on any atom is -0.465 e. The van der Waals surface area contributed by atoms with Crippen molar-refractivity contribution in [3.05, 3.63) is 64.8 Å². The topological polar surface area (TPSA) is 90.5 Å². The monoisotopic (exact) mass is 480 g/mol. The molecule has 2 rings (SSSR count). The van der Waals surface area contributed by atoms with Crippen molar-refractivity contribution >= 4 is 29.0 Å². The van der Waals surface area contributed by atoms with Crippen LogP contribution in [0.25, 0.3) is 0 Å². The lowest BCUT2D eigenvalue weighted by Gasteiger charge is -2.16. The summed E-state index contributed by atoms with van der Waals surface area (Å²) in [6.07, 6.45) is -7.03. The Morgan fingerprint density at radius 2 is 1.72 bits per heavy atom. The van der Waals surface area contributed by atoms with Gasteiger partial charge in [-0.25, -0.2) is 9.97 Å². The van der Waals surface area contributed by atoms with Gasteiger partial charge < -0.3 is 10.5 Å². The van der Waals surface area contributed by atoms with Gasteiger partial charge in [0.25, 0.3) is 0 Å². The number of nitrogens with zero attached hydrogens (tertiary/aromatic N) is 3. The number of carbonyl (C=O) groups excluding carboxylic acids is 1. The number of carbonyl (C=O) groups is 1. The van der Waals surface area contributed by atoms with Crippen molar-refractivity contribution in [2.45, 2.75) is 25.2 Å². The third-order valence-electron chi connectivity index (χ3n) is 3.80.